The van der Waals surface area contributed by atoms with Gasteiger partial charge >= 0.3 is 0 Å². The van der Waals surface area contributed by atoms with Gasteiger partial charge in [-0.15, -0.1) is 11.3 Å². The van der Waals surface area contributed by atoms with Crippen LogP contribution in [-0.2, 0) is 0 Å². The average molecular weight is 336 g/mol. The number of fused-ring (bicyclic) bond motifs is 1. The van der Waals surface area contributed by atoms with Gasteiger partial charge in [-0.25, -0.2) is 9.97 Å². The fraction of sp³-hybridized carbons (Fsp3) is 0.0556. The number of aryl methyl sites for hydroxylation is 1. The topological polar surface area (TPSA) is 59.3 Å². The number of benzene rings is 1. The number of pyridine rings is 1. The van der Waals surface area contributed by atoms with Crippen molar-refractivity contribution in [1.82, 2.24) is 14.4 Å². The molecule has 1 aromatic carbocycles. The van der Waals surface area contributed by atoms with Gasteiger partial charge in [-0.2, -0.15) is 0 Å². The average Bonchev–Trinajstić information content (AvgIpc) is 3.18. The van der Waals surface area contributed by atoms with E-state index in [1.165, 1.54) is 11.3 Å². The van der Waals surface area contributed by atoms with Gasteiger partial charge in [0.05, 0.1) is 11.4 Å². The van der Waals surface area contributed by atoms with E-state index in [-0.39, 0.29) is 7.33 Å². The number of rotatable bonds is 3. The van der Waals surface area contributed by atoms with Crippen molar-refractivity contribution in [2.24, 2.45) is 0 Å². The lowest BCUT2D eigenvalue weighted by Crippen LogP contribution is -2.11. The molecular formula is C18H16N4OS. The van der Waals surface area contributed by atoms with E-state index >= 15 is 0 Å². The maximum absolute atomic E-state index is 12.2. The summed E-state index contributed by atoms with van der Waals surface area (Å²) in [5.74, 6) is -0.161. The number of carbonyl (C=O) groups is 1. The molecule has 0 aliphatic carbocycles. The SMILES string of the molecule is Cc1nc2ccccn2c1-c1csc(NC(=O)c2ccccc2)n1.[HH]. The van der Waals surface area contributed by atoms with Crippen LogP contribution in [0.25, 0.3) is 17.0 Å². The number of hydrogen-bond acceptors (Lipinski definition) is 4. The van der Waals surface area contributed by atoms with Crippen molar-refractivity contribution in [3.05, 3.63) is 71.4 Å². The van der Waals surface area contributed by atoms with E-state index in [0.717, 1.165) is 22.7 Å². The van der Waals surface area contributed by atoms with Gasteiger partial charge in [0.15, 0.2) is 5.13 Å². The standard InChI is InChI=1S/C18H14N4OS.H2/c1-12-16(22-10-6-5-9-15(22)19-12)14-11-24-18(20-14)21-17(23)13-7-3-2-4-8-13;/h2-11H,1H3,(H,20,21,23);1H. The second kappa shape index (κ2) is 5.90. The smallest absolute Gasteiger partial charge is 0.257 e. The van der Waals surface area contributed by atoms with Gasteiger partial charge in [0.1, 0.15) is 11.3 Å². The molecule has 0 spiro atoms. The molecule has 0 aliphatic rings. The second-order valence-electron chi connectivity index (χ2n) is 5.33. The Morgan fingerprint density at radius 2 is 1.92 bits per heavy atom. The van der Waals surface area contributed by atoms with Crippen molar-refractivity contribution in [2.45, 2.75) is 6.92 Å². The molecule has 1 N–H and O–H groups in total. The first-order chi connectivity index (χ1) is 11.7. The molecule has 3 aromatic heterocycles. The molecule has 0 atom stereocenters. The van der Waals surface area contributed by atoms with Crippen LogP contribution in [0.3, 0.4) is 0 Å². The Hall–Kier alpha value is -2.99. The Bertz CT molecular complexity index is 1030. The zero-order valence-electron chi connectivity index (χ0n) is 12.9. The van der Waals surface area contributed by atoms with Gasteiger partial charge in [-0.1, -0.05) is 24.3 Å². The highest BCUT2D eigenvalue weighted by atomic mass is 32.1. The molecule has 0 saturated carbocycles. The minimum absolute atomic E-state index is 0. The number of hydrogen-bond donors (Lipinski definition) is 1. The Kier molecular flexibility index (Phi) is 3.59. The first kappa shape index (κ1) is 14.6. The molecular weight excluding hydrogens is 320 g/mol. The summed E-state index contributed by atoms with van der Waals surface area (Å²) in [5, 5.41) is 5.35. The summed E-state index contributed by atoms with van der Waals surface area (Å²) in [7, 11) is 0. The number of nitrogens with zero attached hydrogens (tertiary/aromatic N) is 3. The van der Waals surface area contributed by atoms with E-state index in [2.05, 4.69) is 15.3 Å². The van der Waals surface area contributed by atoms with Crippen LogP contribution in [0.2, 0.25) is 0 Å². The van der Waals surface area contributed by atoms with Crippen molar-refractivity contribution >= 4 is 28.0 Å². The van der Waals surface area contributed by atoms with Crippen LogP contribution in [0.4, 0.5) is 5.13 Å². The zero-order chi connectivity index (χ0) is 16.5. The van der Waals surface area contributed by atoms with Crippen molar-refractivity contribution in [3.8, 4) is 11.4 Å². The maximum Gasteiger partial charge on any atom is 0.257 e. The predicted octanol–water partition coefficient (Wildman–Crippen LogP) is 4.26. The molecule has 3 heterocycles. The molecule has 1 amide bonds. The third-order valence-electron chi connectivity index (χ3n) is 3.71. The summed E-state index contributed by atoms with van der Waals surface area (Å²) < 4.78 is 2.01. The van der Waals surface area contributed by atoms with Gasteiger partial charge in [-0.05, 0) is 31.2 Å². The Morgan fingerprint density at radius 1 is 1.12 bits per heavy atom. The maximum atomic E-state index is 12.2. The highest BCUT2D eigenvalue weighted by molar-refractivity contribution is 7.14. The van der Waals surface area contributed by atoms with Crippen molar-refractivity contribution in [1.29, 1.82) is 0 Å². The summed E-state index contributed by atoms with van der Waals surface area (Å²) >= 11 is 1.40. The van der Waals surface area contributed by atoms with Crippen molar-refractivity contribution in [2.75, 3.05) is 5.32 Å². The minimum Gasteiger partial charge on any atom is -0.298 e. The van der Waals surface area contributed by atoms with E-state index in [1.54, 1.807) is 12.1 Å². The van der Waals surface area contributed by atoms with Gasteiger partial charge in [0, 0.05) is 18.6 Å². The van der Waals surface area contributed by atoms with E-state index in [0.29, 0.717) is 10.7 Å². The zero-order valence-corrected chi connectivity index (χ0v) is 13.7. The number of thiazole rings is 1. The fourth-order valence-electron chi connectivity index (χ4n) is 2.62. The summed E-state index contributed by atoms with van der Waals surface area (Å²) in [6.45, 7) is 1.96. The molecule has 0 bridgehead atoms. The quantitative estimate of drug-likeness (QED) is 0.608. The first-order valence-electron chi connectivity index (χ1n) is 7.48. The largest absolute Gasteiger partial charge is 0.298 e. The third kappa shape index (κ3) is 2.57. The lowest BCUT2D eigenvalue weighted by molar-refractivity contribution is 0.102. The molecule has 0 fully saturated rings. The predicted molar refractivity (Wildman–Crippen MR) is 97.5 cm³/mol. The summed E-state index contributed by atoms with van der Waals surface area (Å²) in [6, 6.07) is 15.0. The van der Waals surface area contributed by atoms with Gasteiger partial charge in [0.25, 0.3) is 5.91 Å². The molecule has 5 nitrogen and oxygen atoms in total. The number of aromatic nitrogens is 3. The minimum atomic E-state index is -0.161. The number of anilines is 1. The van der Waals surface area contributed by atoms with Crippen LogP contribution in [-0.4, -0.2) is 20.3 Å². The Morgan fingerprint density at radius 3 is 2.75 bits per heavy atom. The van der Waals surface area contributed by atoms with Crippen LogP contribution >= 0.6 is 11.3 Å². The molecule has 0 unspecified atom stereocenters. The second-order valence-corrected chi connectivity index (χ2v) is 6.19. The first-order valence-corrected chi connectivity index (χ1v) is 8.36. The Labute approximate surface area is 144 Å². The highest BCUT2D eigenvalue weighted by Gasteiger charge is 2.15. The van der Waals surface area contributed by atoms with Crippen LogP contribution in [0.5, 0.6) is 0 Å². The Balaban J connectivity index is 0.00000182. The van der Waals surface area contributed by atoms with Gasteiger partial charge in [0.2, 0.25) is 0 Å². The molecule has 4 aromatic rings. The van der Waals surface area contributed by atoms with Gasteiger partial charge < -0.3 is 0 Å². The fourth-order valence-corrected chi connectivity index (χ4v) is 3.31. The normalized spacial score (nSPS) is 10.9. The van der Waals surface area contributed by atoms with E-state index in [1.807, 2.05) is 59.3 Å². The molecule has 0 aliphatic heterocycles. The van der Waals surface area contributed by atoms with Crippen LogP contribution in [0.1, 0.15) is 17.5 Å². The number of imidazole rings is 1. The summed E-state index contributed by atoms with van der Waals surface area (Å²) in [6.07, 6.45) is 1.96. The summed E-state index contributed by atoms with van der Waals surface area (Å²) in [4.78, 5) is 21.3. The number of amides is 1. The van der Waals surface area contributed by atoms with Gasteiger partial charge in [-0.3, -0.25) is 14.5 Å². The monoisotopic (exact) mass is 336 g/mol. The molecule has 120 valence electrons. The lowest BCUT2D eigenvalue weighted by Gasteiger charge is -2.01. The van der Waals surface area contributed by atoms with E-state index < -0.39 is 0 Å². The third-order valence-corrected chi connectivity index (χ3v) is 4.47. The van der Waals surface area contributed by atoms with Crippen LogP contribution < -0.4 is 5.32 Å². The van der Waals surface area contributed by atoms with Crippen molar-refractivity contribution < 1.29 is 6.22 Å². The van der Waals surface area contributed by atoms with E-state index in [4.69, 9.17) is 0 Å². The number of nitrogens with one attached hydrogen (secondary N) is 1. The van der Waals surface area contributed by atoms with E-state index in [9.17, 15) is 4.79 Å². The molecule has 6 heteroatoms. The van der Waals surface area contributed by atoms with Crippen molar-refractivity contribution in [3.63, 3.8) is 0 Å². The van der Waals surface area contributed by atoms with Crippen LogP contribution in [0, 0.1) is 6.92 Å². The lowest BCUT2D eigenvalue weighted by atomic mass is 10.2. The highest BCUT2D eigenvalue weighted by Crippen LogP contribution is 2.28. The molecule has 0 saturated heterocycles. The molecule has 0 radical (unpaired) electrons. The summed E-state index contributed by atoms with van der Waals surface area (Å²) in [5.41, 5.74) is 4.15. The van der Waals surface area contributed by atoms with Crippen LogP contribution in [0.15, 0.2) is 60.1 Å². The molecule has 24 heavy (non-hydrogen) atoms. The molecule has 4 rings (SSSR count). The number of carbonyl (C=O) groups excluding carboxylic acids is 1.